The molecule has 0 aliphatic heterocycles. The smallest absolute Gasteiger partial charge is 0.255 e. The molecule has 0 fully saturated rings. The Hall–Kier alpha value is -3.45. The lowest BCUT2D eigenvalue weighted by Gasteiger charge is -2.08. The molecule has 0 atom stereocenters. The van der Waals surface area contributed by atoms with Crippen molar-refractivity contribution in [3.05, 3.63) is 95.1 Å². The molecule has 4 heteroatoms. The van der Waals surface area contributed by atoms with Crippen LogP contribution in [0.2, 0.25) is 0 Å². The first-order valence-corrected chi connectivity index (χ1v) is 7.72. The molecule has 122 valence electrons. The lowest BCUT2D eigenvalue weighted by atomic mass is 10.0. The van der Waals surface area contributed by atoms with E-state index in [4.69, 9.17) is 0 Å². The lowest BCUT2D eigenvalue weighted by Crippen LogP contribution is -2.13. The topological polar surface area (TPSA) is 42.0 Å². The van der Waals surface area contributed by atoms with Crippen LogP contribution in [-0.4, -0.2) is 10.9 Å². The second kappa shape index (κ2) is 7.41. The van der Waals surface area contributed by atoms with E-state index < -0.39 is 0 Å². The average Bonchev–Trinajstić information content (AvgIpc) is 2.64. The molecule has 3 rings (SSSR count). The number of amides is 1. The third-order valence-corrected chi connectivity index (χ3v) is 3.58. The summed E-state index contributed by atoms with van der Waals surface area (Å²) in [6, 6.07) is 16.6. The molecule has 3 nitrogen and oxygen atoms in total. The van der Waals surface area contributed by atoms with Gasteiger partial charge in [0.05, 0.1) is 0 Å². The van der Waals surface area contributed by atoms with Gasteiger partial charge in [-0.2, -0.15) is 0 Å². The molecule has 0 radical (unpaired) electrons. The van der Waals surface area contributed by atoms with Crippen LogP contribution in [0.25, 0.3) is 0 Å². The third kappa shape index (κ3) is 4.30. The number of pyridine rings is 1. The molecule has 25 heavy (non-hydrogen) atoms. The molecular formula is C21H15FN2O. The normalized spacial score (nSPS) is 9.84. The van der Waals surface area contributed by atoms with E-state index >= 15 is 0 Å². The highest BCUT2D eigenvalue weighted by atomic mass is 19.1. The van der Waals surface area contributed by atoms with Gasteiger partial charge in [-0.1, -0.05) is 18.1 Å². The van der Waals surface area contributed by atoms with Gasteiger partial charge in [-0.15, -0.1) is 0 Å². The summed E-state index contributed by atoms with van der Waals surface area (Å²) in [5.41, 5.74) is 3.29. The Kier molecular flexibility index (Phi) is 4.87. The summed E-state index contributed by atoms with van der Waals surface area (Å²) in [6.45, 7) is 1.86. The average molecular weight is 330 g/mol. The van der Waals surface area contributed by atoms with Crippen molar-refractivity contribution in [3.63, 3.8) is 0 Å². The van der Waals surface area contributed by atoms with Gasteiger partial charge in [0, 0.05) is 23.0 Å². The van der Waals surface area contributed by atoms with E-state index in [0.717, 1.165) is 11.1 Å². The quantitative estimate of drug-likeness (QED) is 0.716. The summed E-state index contributed by atoms with van der Waals surface area (Å²) in [6.07, 6.45) is 1.68. The predicted octanol–water partition coefficient (Wildman–Crippen LogP) is 4.18. The molecule has 2 aromatic carbocycles. The highest BCUT2D eigenvalue weighted by Gasteiger charge is 2.10. The summed E-state index contributed by atoms with van der Waals surface area (Å²) in [4.78, 5) is 16.6. The summed E-state index contributed by atoms with van der Waals surface area (Å²) >= 11 is 0. The first kappa shape index (κ1) is 16.4. The summed E-state index contributed by atoms with van der Waals surface area (Å²) in [5.74, 6) is 5.38. The predicted molar refractivity (Wildman–Crippen MR) is 95.7 cm³/mol. The van der Waals surface area contributed by atoms with Crippen LogP contribution < -0.4 is 5.32 Å². The Bertz CT molecular complexity index is 955. The van der Waals surface area contributed by atoms with E-state index in [2.05, 4.69) is 22.1 Å². The molecular weight excluding hydrogens is 315 g/mol. The Morgan fingerprint density at radius 3 is 2.56 bits per heavy atom. The van der Waals surface area contributed by atoms with Crippen LogP contribution >= 0.6 is 0 Å². The highest BCUT2D eigenvalue weighted by molar-refractivity contribution is 6.05. The third-order valence-electron chi connectivity index (χ3n) is 3.58. The lowest BCUT2D eigenvalue weighted by molar-refractivity contribution is 0.102. The summed E-state index contributed by atoms with van der Waals surface area (Å²) in [7, 11) is 0. The van der Waals surface area contributed by atoms with E-state index in [1.165, 1.54) is 24.3 Å². The minimum Gasteiger partial charge on any atom is -0.322 e. The number of nitrogens with zero attached hydrogens (tertiary/aromatic N) is 1. The van der Waals surface area contributed by atoms with Crippen molar-refractivity contribution in [1.82, 2.24) is 4.98 Å². The Balaban J connectivity index is 1.83. The molecule has 1 heterocycles. The number of nitrogens with one attached hydrogen (secondary N) is 1. The van der Waals surface area contributed by atoms with Crippen LogP contribution in [0.15, 0.2) is 66.9 Å². The first-order chi connectivity index (χ1) is 12.1. The van der Waals surface area contributed by atoms with Gasteiger partial charge in [-0.3, -0.25) is 4.79 Å². The molecule has 0 unspecified atom stereocenters. The second-order valence-corrected chi connectivity index (χ2v) is 5.46. The number of carbonyl (C=O) groups excluding carboxylic acids is 1. The Labute approximate surface area is 145 Å². The largest absolute Gasteiger partial charge is 0.322 e. The van der Waals surface area contributed by atoms with E-state index in [1.54, 1.807) is 12.3 Å². The molecule has 0 bridgehead atoms. The molecule has 1 amide bonds. The molecule has 0 spiro atoms. The van der Waals surface area contributed by atoms with Crippen molar-refractivity contribution in [2.24, 2.45) is 0 Å². The summed E-state index contributed by atoms with van der Waals surface area (Å²) in [5, 5.41) is 2.76. The molecule has 3 aromatic rings. The van der Waals surface area contributed by atoms with Crippen molar-refractivity contribution in [1.29, 1.82) is 0 Å². The molecule has 1 aromatic heterocycles. The fraction of sp³-hybridized carbons (Fsp3) is 0.0476. The number of hydrogen-bond acceptors (Lipinski definition) is 2. The number of aromatic nitrogens is 1. The molecule has 1 N–H and O–H groups in total. The SMILES string of the molecule is Cc1ccc(C#Cc2ccccn2)cc1C(=O)Nc1ccc(F)cc1. The van der Waals surface area contributed by atoms with Crippen LogP contribution in [0.5, 0.6) is 0 Å². The fourth-order valence-corrected chi connectivity index (χ4v) is 2.25. The van der Waals surface area contributed by atoms with Crippen molar-refractivity contribution < 1.29 is 9.18 Å². The van der Waals surface area contributed by atoms with Gasteiger partial charge in [0.2, 0.25) is 0 Å². The van der Waals surface area contributed by atoms with Crippen LogP contribution in [0.1, 0.15) is 27.2 Å². The zero-order valence-corrected chi connectivity index (χ0v) is 13.6. The standard InChI is InChI=1S/C21H15FN2O/c1-15-5-6-16(7-10-18-4-2-3-13-23-18)14-20(15)21(25)24-19-11-8-17(22)9-12-19/h2-6,8-9,11-14H,1H3,(H,24,25). The monoisotopic (exact) mass is 330 g/mol. The number of anilines is 1. The maximum Gasteiger partial charge on any atom is 0.255 e. The highest BCUT2D eigenvalue weighted by Crippen LogP contribution is 2.15. The molecule has 0 aliphatic carbocycles. The molecule has 0 aliphatic rings. The van der Waals surface area contributed by atoms with Crippen LogP contribution in [0, 0.1) is 24.6 Å². The fourth-order valence-electron chi connectivity index (χ4n) is 2.25. The van der Waals surface area contributed by atoms with Gasteiger partial charge in [0.1, 0.15) is 11.5 Å². The number of aryl methyl sites for hydroxylation is 1. The molecule has 0 saturated heterocycles. The van der Waals surface area contributed by atoms with E-state index in [0.29, 0.717) is 16.9 Å². The van der Waals surface area contributed by atoms with Crippen molar-refractivity contribution in [2.75, 3.05) is 5.32 Å². The minimum absolute atomic E-state index is 0.259. The van der Waals surface area contributed by atoms with Gasteiger partial charge in [-0.25, -0.2) is 9.37 Å². The van der Waals surface area contributed by atoms with Gasteiger partial charge >= 0.3 is 0 Å². The number of benzene rings is 2. The minimum atomic E-state index is -0.346. The number of halogens is 1. The van der Waals surface area contributed by atoms with Crippen LogP contribution in [0.4, 0.5) is 10.1 Å². The first-order valence-electron chi connectivity index (χ1n) is 7.72. The number of hydrogen-bond donors (Lipinski definition) is 1. The summed E-state index contributed by atoms with van der Waals surface area (Å²) < 4.78 is 13.0. The zero-order valence-electron chi connectivity index (χ0n) is 13.6. The van der Waals surface area contributed by atoms with Crippen molar-refractivity contribution in [2.45, 2.75) is 6.92 Å². The van der Waals surface area contributed by atoms with E-state index in [-0.39, 0.29) is 11.7 Å². The maximum absolute atomic E-state index is 13.0. The molecule has 0 saturated carbocycles. The Morgan fingerprint density at radius 1 is 1.04 bits per heavy atom. The van der Waals surface area contributed by atoms with Crippen LogP contribution in [0.3, 0.4) is 0 Å². The van der Waals surface area contributed by atoms with Crippen molar-refractivity contribution >= 4 is 11.6 Å². The number of rotatable bonds is 2. The van der Waals surface area contributed by atoms with E-state index in [1.807, 2.05) is 37.3 Å². The van der Waals surface area contributed by atoms with E-state index in [9.17, 15) is 9.18 Å². The maximum atomic E-state index is 13.0. The van der Waals surface area contributed by atoms with Gasteiger partial charge in [0.25, 0.3) is 5.91 Å². The van der Waals surface area contributed by atoms with Gasteiger partial charge < -0.3 is 5.32 Å². The zero-order chi connectivity index (χ0) is 17.6. The Morgan fingerprint density at radius 2 is 1.84 bits per heavy atom. The van der Waals surface area contributed by atoms with Crippen molar-refractivity contribution in [3.8, 4) is 11.8 Å². The second-order valence-electron chi connectivity index (χ2n) is 5.46. The number of carbonyl (C=O) groups is 1. The van der Waals surface area contributed by atoms with Gasteiger partial charge in [-0.05, 0) is 66.9 Å². The van der Waals surface area contributed by atoms with Gasteiger partial charge in [0.15, 0.2) is 0 Å². The van der Waals surface area contributed by atoms with Crippen LogP contribution in [-0.2, 0) is 0 Å².